The molecule has 1 aromatic rings. The number of hydrogen-bond acceptors (Lipinski definition) is 2. The second kappa shape index (κ2) is 7.89. The molecular weight excluding hydrogens is 333 g/mol. The second-order valence-electron chi connectivity index (χ2n) is 6.66. The molecule has 0 aliphatic carbocycles. The van der Waals surface area contributed by atoms with Crippen LogP contribution in [0.2, 0.25) is 0 Å². The summed E-state index contributed by atoms with van der Waals surface area (Å²) in [6.07, 6.45) is -1.46. The molecule has 1 saturated heterocycles. The third kappa shape index (κ3) is 4.96. The summed E-state index contributed by atoms with van der Waals surface area (Å²) in [7, 11) is 0. The lowest BCUT2D eigenvalue weighted by Crippen LogP contribution is -2.52. The second-order valence-corrected chi connectivity index (χ2v) is 6.66. The van der Waals surface area contributed by atoms with Crippen molar-refractivity contribution in [1.29, 1.82) is 0 Å². The van der Waals surface area contributed by atoms with Crippen LogP contribution in [0, 0.1) is 5.92 Å². The minimum atomic E-state index is -4.44. The van der Waals surface area contributed by atoms with E-state index in [1.807, 2.05) is 13.8 Å². The molecule has 2 rings (SSSR count). The van der Waals surface area contributed by atoms with Crippen LogP contribution in [0.4, 0.5) is 13.2 Å². The van der Waals surface area contributed by atoms with Crippen molar-refractivity contribution in [2.75, 3.05) is 13.1 Å². The highest BCUT2D eigenvalue weighted by Gasteiger charge is 2.31. The summed E-state index contributed by atoms with van der Waals surface area (Å²) in [5.41, 5.74) is -0.709. The first-order valence-electron chi connectivity index (χ1n) is 8.47. The van der Waals surface area contributed by atoms with Crippen LogP contribution in [0.1, 0.15) is 49.0 Å². The van der Waals surface area contributed by atoms with Gasteiger partial charge in [0.15, 0.2) is 0 Å². The average molecular weight is 356 g/mol. The molecule has 1 fully saturated rings. The van der Waals surface area contributed by atoms with Gasteiger partial charge in [-0.3, -0.25) is 9.59 Å². The standard InChI is InChI=1S/C18H23F3N2O2/c1-12(2)15(17(25)23-10-4-3-5-11-23)22-16(24)13-6-8-14(9-7-13)18(19,20)21/h6-9,12,15H,3-5,10-11H2,1-2H3,(H,22,24)/t15-/m0/s1. The van der Waals surface area contributed by atoms with Crippen molar-refractivity contribution in [2.45, 2.75) is 45.3 Å². The molecule has 0 spiro atoms. The van der Waals surface area contributed by atoms with Gasteiger partial charge in [-0.25, -0.2) is 0 Å². The van der Waals surface area contributed by atoms with E-state index in [0.29, 0.717) is 13.1 Å². The topological polar surface area (TPSA) is 49.4 Å². The molecule has 2 amide bonds. The van der Waals surface area contributed by atoms with Crippen LogP contribution in [-0.2, 0) is 11.0 Å². The summed E-state index contributed by atoms with van der Waals surface area (Å²) < 4.78 is 37.8. The van der Waals surface area contributed by atoms with Gasteiger partial charge in [-0.15, -0.1) is 0 Å². The van der Waals surface area contributed by atoms with Crippen molar-refractivity contribution in [3.8, 4) is 0 Å². The summed E-state index contributed by atoms with van der Waals surface area (Å²) in [6, 6.07) is 3.30. The minimum absolute atomic E-state index is 0.102. The summed E-state index contributed by atoms with van der Waals surface area (Å²) in [5, 5.41) is 2.68. The van der Waals surface area contributed by atoms with Crippen molar-refractivity contribution in [1.82, 2.24) is 10.2 Å². The molecular formula is C18H23F3N2O2. The summed E-state index contributed by atoms with van der Waals surface area (Å²) in [6.45, 7) is 5.02. The Morgan fingerprint density at radius 1 is 1.04 bits per heavy atom. The Balaban J connectivity index is 2.08. The first kappa shape index (κ1) is 19.3. The zero-order valence-electron chi connectivity index (χ0n) is 14.4. The fourth-order valence-corrected chi connectivity index (χ4v) is 2.86. The van der Waals surface area contributed by atoms with Crippen molar-refractivity contribution in [3.05, 3.63) is 35.4 Å². The number of hydrogen-bond donors (Lipinski definition) is 1. The van der Waals surface area contributed by atoms with Crippen LogP contribution < -0.4 is 5.32 Å². The normalized spacial score (nSPS) is 16.6. The first-order chi connectivity index (χ1) is 11.7. The number of nitrogens with one attached hydrogen (secondary N) is 1. The van der Waals surface area contributed by atoms with Gasteiger partial charge >= 0.3 is 6.18 Å². The van der Waals surface area contributed by atoms with Crippen molar-refractivity contribution in [3.63, 3.8) is 0 Å². The Morgan fingerprint density at radius 2 is 1.60 bits per heavy atom. The van der Waals surface area contributed by atoms with Gasteiger partial charge < -0.3 is 10.2 Å². The third-order valence-electron chi connectivity index (χ3n) is 4.36. The molecule has 1 N–H and O–H groups in total. The maximum atomic E-state index is 12.7. The van der Waals surface area contributed by atoms with E-state index < -0.39 is 23.7 Å². The van der Waals surface area contributed by atoms with E-state index in [9.17, 15) is 22.8 Å². The molecule has 0 radical (unpaired) electrons. The molecule has 0 saturated carbocycles. The van der Waals surface area contributed by atoms with E-state index in [4.69, 9.17) is 0 Å². The lowest BCUT2D eigenvalue weighted by molar-refractivity contribution is -0.137. The molecule has 0 aromatic heterocycles. The van der Waals surface area contributed by atoms with Crippen LogP contribution >= 0.6 is 0 Å². The summed E-state index contributed by atoms with van der Waals surface area (Å²) >= 11 is 0. The highest BCUT2D eigenvalue weighted by atomic mass is 19.4. The Bertz CT molecular complexity index is 606. The monoisotopic (exact) mass is 356 g/mol. The molecule has 138 valence electrons. The number of halogens is 3. The molecule has 0 bridgehead atoms. The fourth-order valence-electron chi connectivity index (χ4n) is 2.86. The third-order valence-corrected chi connectivity index (χ3v) is 4.36. The number of benzene rings is 1. The minimum Gasteiger partial charge on any atom is -0.341 e. The van der Waals surface area contributed by atoms with Crippen LogP contribution in [0.5, 0.6) is 0 Å². The van der Waals surface area contributed by atoms with Gasteiger partial charge in [-0.1, -0.05) is 13.8 Å². The number of piperidine rings is 1. The SMILES string of the molecule is CC(C)[C@H](NC(=O)c1ccc(C(F)(F)F)cc1)C(=O)N1CCCCC1. The predicted molar refractivity (Wildman–Crippen MR) is 88.0 cm³/mol. The highest BCUT2D eigenvalue weighted by Crippen LogP contribution is 2.29. The molecule has 1 aromatic carbocycles. The Labute approximate surface area is 145 Å². The Kier molecular flexibility index (Phi) is 6.08. The molecule has 1 aliphatic rings. The van der Waals surface area contributed by atoms with Crippen LogP contribution in [0.15, 0.2) is 24.3 Å². The van der Waals surface area contributed by atoms with Crippen molar-refractivity contribution >= 4 is 11.8 Å². The van der Waals surface area contributed by atoms with Crippen molar-refractivity contribution < 1.29 is 22.8 Å². The van der Waals surface area contributed by atoms with Crippen LogP contribution in [0.25, 0.3) is 0 Å². The molecule has 0 unspecified atom stereocenters. The predicted octanol–water partition coefficient (Wildman–Crippen LogP) is 3.47. The van der Waals surface area contributed by atoms with E-state index in [1.54, 1.807) is 4.90 Å². The average Bonchev–Trinajstić information content (AvgIpc) is 2.58. The molecule has 1 atom stereocenters. The van der Waals surface area contributed by atoms with E-state index in [2.05, 4.69) is 5.32 Å². The van der Waals surface area contributed by atoms with Crippen molar-refractivity contribution in [2.24, 2.45) is 5.92 Å². The molecule has 7 heteroatoms. The van der Waals surface area contributed by atoms with Gasteiger partial charge in [0.05, 0.1) is 5.56 Å². The number of rotatable bonds is 4. The highest BCUT2D eigenvalue weighted by molar-refractivity contribution is 5.97. The van der Waals surface area contributed by atoms with Crippen LogP contribution in [-0.4, -0.2) is 35.8 Å². The molecule has 1 aliphatic heterocycles. The lowest BCUT2D eigenvalue weighted by Gasteiger charge is -2.32. The van der Waals surface area contributed by atoms with Gasteiger partial charge in [0, 0.05) is 18.7 Å². The maximum absolute atomic E-state index is 12.7. The van der Waals surface area contributed by atoms with E-state index in [-0.39, 0.29) is 17.4 Å². The molecule has 1 heterocycles. The molecule has 25 heavy (non-hydrogen) atoms. The van der Waals surface area contributed by atoms with E-state index >= 15 is 0 Å². The van der Waals surface area contributed by atoms with Gasteiger partial charge in [0.2, 0.25) is 5.91 Å². The zero-order chi connectivity index (χ0) is 18.6. The van der Waals surface area contributed by atoms with Gasteiger partial charge in [-0.2, -0.15) is 13.2 Å². The number of likely N-dealkylation sites (tertiary alicyclic amines) is 1. The number of amides is 2. The van der Waals surface area contributed by atoms with Gasteiger partial charge in [0.1, 0.15) is 6.04 Å². The van der Waals surface area contributed by atoms with Gasteiger partial charge in [0.25, 0.3) is 5.91 Å². The lowest BCUT2D eigenvalue weighted by atomic mass is 10.0. The Hall–Kier alpha value is -2.05. The van der Waals surface area contributed by atoms with Crippen LogP contribution in [0.3, 0.4) is 0 Å². The summed E-state index contributed by atoms with van der Waals surface area (Å²) in [5.74, 6) is -0.791. The smallest absolute Gasteiger partial charge is 0.341 e. The maximum Gasteiger partial charge on any atom is 0.416 e. The summed E-state index contributed by atoms with van der Waals surface area (Å²) in [4.78, 5) is 26.8. The number of alkyl halides is 3. The molecule has 4 nitrogen and oxygen atoms in total. The number of carbonyl (C=O) groups excluding carboxylic acids is 2. The van der Waals surface area contributed by atoms with Gasteiger partial charge in [-0.05, 0) is 49.4 Å². The largest absolute Gasteiger partial charge is 0.416 e. The number of nitrogens with zero attached hydrogens (tertiary/aromatic N) is 1. The first-order valence-corrected chi connectivity index (χ1v) is 8.47. The quantitative estimate of drug-likeness (QED) is 0.898. The Morgan fingerprint density at radius 3 is 2.08 bits per heavy atom. The fraction of sp³-hybridized carbons (Fsp3) is 0.556. The van der Waals surface area contributed by atoms with E-state index in [1.165, 1.54) is 0 Å². The number of carbonyl (C=O) groups is 2. The zero-order valence-corrected chi connectivity index (χ0v) is 14.4. The van der Waals surface area contributed by atoms with E-state index in [0.717, 1.165) is 43.5 Å².